The van der Waals surface area contributed by atoms with Gasteiger partial charge in [-0.15, -0.1) is 0 Å². The van der Waals surface area contributed by atoms with E-state index in [2.05, 4.69) is 25.8 Å². The van der Waals surface area contributed by atoms with Gasteiger partial charge in [0.15, 0.2) is 0 Å². The molecule has 2 aromatic rings. The lowest BCUT2D eigenvalue weighted by atomic mass is 9.98. The number of benzene rings is 1. The fraction of sp³-hybridized carbons (Fsp3) is 0.350. The number of hydrogen-bond donors (Lipinski definition) is 3. The first-order chi connectivity index (χ1) is 13.6. The lowest BCUT2D eigenvalue weighted by molar-refractivity contribution is 0.318. The molecule has 146 valence electrons. The van der Waals surface area contributed by atoms with Crippen LogP contribution in [0.2, 0.25) is 5.02 Å². The molecule has 0 bridgehead atoms. The third-order valence-corrected chi connectivity index (χ3v) is 5.16. The minimum Gasteiger partial charge on any atom is -0.411 e. The van der Waals surface area contributed by atoms with Crippen molar-refractivity contribution in [3.8, 4) is 0 Å². The maximum Gasteiger partial charge on any atom is 0.141 e. The molecule has 0 radical (unpaired) electrons. The summed E-state index contributed by atoms with van der Waals surface area (Å²) in [7, 11) is 0. The van der Waals surface area contributed by atoms with Crippen molar-refractivity contribution < 1.29 is 9.60 Å². The molecule has 3 N–H and O–H groups in total. The van der Waals surface area contributed by atoms with Gasteiger partial charge in [-0.05, 0) is 36.6 Å². The van der Waals surface area contributed by atoms with Crippen LogP contribution in [0.15, 0.2) is 40.6 Å². The first-order valence-electron chi connectivity index (χ1n) is 9.31. The van der Waals surface area contributed by atoms with E-state index in [-0.39, 0.29) is 5.02 Å². The maximum absolute atomic E-state index is 13.4. The highest BCUT2D eigenvalue weighted by molar-refractivity contribution is 6.30. The Balaban J connectivity index is 1.49. The Morgan fingerprint density at radius 2 is 2.21 bits per heavy atom. The Hall–Kier alpha value is -2.51. The van der Waals surface area contributed by atoms with Gasteiger partial charge in [0.25, 0.3) is 0 Å². The van der Waals surface area contributed by atoms with E-state index in [1.54, 1.807) is 18.3 Å². The number of amidine groups is 1. The van der Waals surface area contributed by atoms with Crippen LogP contribution in [-0.2, 0) is 12.8 Å². The summed E-state index contributed by atoms with van der Waals surface area (Å²) >= 11 is 5.86. The number of aromatic nitrogens is 1. The Morgan fingerprint density at radius 3 is 2.96 bits per heavy atom. The van der Waals surface area contributed by atoms with Gasteiger partial charge >= 0.3 is 0 Å². The lowest BCUT2D eigenvalue weighted by Crippen LogP contribution is -2.21. The number of pyridine rings is 1. The molecule has 1 fully saturated rings. The highest BCUT2D eigenvalue weighted by atomic mass is 35.5. The molecule has 2 aliphatic rings. The van der Waals surface area contributed by atoms with Crippen LogP contribution >= 0.6 is 11.6 Å². The van der Waals surface area contributed by atoms with Crippen molar-refractivity contribution in [2.75, 3.05) is 18.4 Å². The van der Waals surface area contributed by atoms with E-state index in [0.717, 1.165) is 34.9 Å². The molecule has 1 aromatic heterocycles. The summed E-state index contributed by atoms with van der Waals surface area (Å²) in [5.41, 5.74) is 2.97. The first-order valence-corrected chi connectivity index (χ1v) is 9.68. The van der Waals surface area contributed by atoms with E-state index in [1.165, 1.54) is 18.9 Å². The molecule has 1 aliphatic heterocycles. The molecular weight excluding hydrogens is 381 g/mol. The summed E-state index contributed by atoms with van der Waals surface area (Å²) < 4.78 is 13.4. The molecule has 4 rings (SSSR count). The summed E-state index contributed by atoms with van der Waals surface area (Å²) in [6.45, 7) is 1.57. The SMILES string of the molecule is O/N=C(\Cc1ccc(F)c(Cl)c1)c1ccnc2c1CC(=NCCNC1CC1)N2. The Bertz CT molecular complexity index is 942. The van der Waals surface area contributed by atoms with Gasteiger partial charge < -0.3 is 15.8 Å². The van der Waals surface area contributed by atoms with Crippen molar-refractivity contribution in [1.29, 1.82) is 0 Å². The van der Waals surface area contributed by atoms with Crippen molar-refractivity contribution in [2.45, 2.75) is 31.7 Å². The molecule has 0 saturated heterocycles. The van der Waals surface area contributed by atoms with Crippen LogP contribution in [0.3, 0.4) is 0 Å². The van der Waals surface area contributed by atoms with Crippen molar-refractivity contribution in [3.05, 3.63) is 58.0 Å². The highest BCUT2D eigenvalue weighted by Crippen LogP contribution is 2.26. The standard InChI is InChI=1S/C20H21ClFN5O/c21-16-9-12(1-4-17(16)22)10-18(27-28)14-5-6-25-20-15(14)11-19(26-20)24-8-7-23-13-2-3-13/h1,4-6,9,13,23,28H,2-3,7-8,10-11H2,(H,24,25,26)/b27-18+. The van der Waals surface area contributed by atoms with Crippen LogP contribution in [0.5, 0.6) is 0 Å². The van der Waals surface area contributed by atoms with Gasteiger partial charge in [-0.25, -0.2) is 9.37 Å². The van der Waals surface area contributed by atoms with Crippen LogP contribution in [0.25, 0.3) is 0 Å². The Labute approximate surface area is 167 Å². The molecule has 0 atom stereocenters. The number of halogens is 2. The molecule has 0 amide bonds. The quantitative estimate of drug-likeness (QED) is 0.287. The van der Waals surface area contributed by atoms with E-state index in [0.29, 0.717) is 31.1 Å². The lowest BCUT2D eigenvalue weighted by Gasteiger charge is -2.09. The number of fused-ring (bicyclic) bond motifs is 1. The average molecular weight is 402 g/mol. The largest absolute Gasteiger partial charge is 0.411 e. The van der Waals surface area contributed by atoms with Gasteiger partial charge in [0, 0.05) is 42.8 Å². The van der Waals surface area contributed by atoms with E-state index in [9.17, 15) is 9.60 Å². The van der Waals surface area contributed by atoms with Crippen molar-refractivity contribution in [1.82, 2.24) is 10.3 Å². The fourth-order valence-corrected chi connectivity index (χ4v) is 3.47. The average Bonchev–Trinajstić information content (AvgIpc) is 3.42. The highest BCUT2D eigenvalue weighted by Gasteiger charge is 2.24. The molecule has 0 unspecified atom stereocenters. The zero-order valence-electron chi connectivity index (χ0n) is 15.3. The number of rotatable bonds is 7. The summed E-state index contributed by atoms with van der Waals surface area (Å²) in [5.74, 6) is 1.11. The summed E-state index contributed by atoms with van der Waals surface area (Å²) in [5, 5.41) is 19.8. The van der Waals surface area contributed by atoms with Crippen molar-refractivity contribution in [2.24, 2.45) is 10.1 Å². The fourth-order valence-electron chi connectivity index (χ4n) is 3.27. The normalized spacial score (nSPS) is 17.6. The number of oxime groups is 1. The molecule has 0 spiro atoms. The summed E-state index contributed by atoms with van der Waals surface area (Å²) in [4.78, 5) is 8.98. The molecule has 1 saturated carbocycles. The number of nitrogens with one attached hydrogen (secondary N) is 2. The second-order valence-corrected chi connectivity index (χ2v) is 7.42. The first kappa shape index (κ1) is 18.8. The number of nitrogens with zero attached hydrogens (tertiary/aromatic N) is 3. The van der Waals surface area contributed by atoms with Crippen LogP contribution < -0.4 is 10.6 Å². The summed E-state index contributed by atoms with van der Waals surface area (Å²) in [6, 6.07) is 6.97. The zero-order chi connectivity index (χ0) is 19.5. The minimum absolute atomic E-state index is 0.0469. The third kappa shape index (κ3) is 4.31. The monoisotopic (exact) mass is 401 g/mol. The van der Waals surface area contributed by atoms with Gasteiger partial charge in [0.1, 0.15) is 17.5 Å². The number of hydrogen-bond acceptors (Lipinski definition) is 5. The predicted octanol–water partition coefficient (Wildman–Crippen LogP) is 3.41. The van der Waals surface area contributed by atoms with Gasteiger partial charge in [0.05, 0.1) is 17.3 Å². The maximum atomic E-state index is 13.4. The van der Waals surface area contributed by atoms with Crippen molar-refractivity contribution in [3.63, 3.8) is 0 Å². The Kier molecular flexibility index (Phi) is 5.54. The van der Waals surface area contributed by atoms with E-state index in [1.807, 2.05) is 6.07 Å². The molecule has 8 heteroatoms. The smallest absolute Gasteiger partial charge is 0.141 e. The molecule has 1 aliphatic carbocycles. The third-order valence-electron chi connectivity index (χ3n) is 4.87. The van der Waals surface area contributed by atoms with Crippen LogP contribution in [0.1, 0.15) is 29.5 Å². The zero-order valence-corrected chi connectivity index (χ0v) is 16.0. The predicted molar refractivity (Wildman–Crippen MR) is 108 cm³/mol. The van der Waals surface area contributed by atoms with E-state index < -0.39 is 5.82 Å². The molecular formula is C20H21ClFN5O. The van der Waals surface area contributed by atoms with Gasteiger partial charge in [-0.1, -0.05) is 22.8 Å². The van der Waals surface area contributed by atoms with Crippen LogP contribution in [0, 0.1) is 5.82 Å². The summed E-state index contributed by atoms with van der Waals surface area (Å²) in [6.07, 6.45) is 5.11. The number of aliphatic imine (C=N–C) groups is 1. The van der Waals surface area contributed by atoms with Gasteiger partial charge in [-0.2, -0.15) is 0 Å². The minimum atomic E-state index is -0.473. The van der Waals surface area contributed by atoms with E-state index >= 15 is 0 Å². The van der Waals surface area contributed by atoms with E-state index in [4.69, 9.17) is 11.6 Å². The number of anilines is 1. The molecule has 6 nitrogen and oxygen atoms in total. The van der Waals surface area contributed by atoms with Gasteiger partial charge in [0.2, 0.25) is 0 Å². The van der Waals surface area contributed by atoms with Crippen molar-refractivity contribution >= 4 is 29.0 Å². The topological polar surface area (TPSA) is 81.9 Å². The molecule has 1 aromatic carbocycles. The molecule has 28 heavy (non-hydrogen) atoms. The van der Waals surface area contributed by atoms with Gasteiger partial charge in [-0.3, -0.25) is 4.99 Å². The van der Waals surface area contributed by atoms with Crippen LogP contribution in [-0.4, -0.2) is 40.9 Å². The second-order valence-electron chi connectivity index (χ2n) is 7.02. The molecule has 2 heterocycles. The second kappa shape index (κ2) is 8.24. The Morgan fingerprint density at radius 1 is 1.36 bits per heavy atom. The van der Waals surface area contributed by atoms with Crippen LogP contribution in [0.4, 0.5) is 10.2 Å².